The summed E-state index contributed by atoms with van der Waals surface area (Å²) in [5.74, 6) is -4.56. The highest BCUT2D eigenvalue weighted by Gasteiger charge is 2.30. The minimum atomic E-state index is -4.57. The molecule has 2 aromatic rings. The van der Waals surface area contributed by atoms with E-state index in [2.05, 4.69) is 5.32 Å². The molecule has 0 aliphatic heterocycles. The van der Waals surface area contributed by atoms with Gasteiger partial charge in [0.25, 0.3) is 0 Å². The van der Waals surface area contributed by atoms with Crippen molar-refractivity contribution in [2.45, 2.75) is 6.18 Å². The van der Waals surface area contributed by atoms with Crippen LogP contribution in [-0.4, -0.2) is 0 Å². The molecule has 0 amide bonds. The lowest BCUT2D eigenvalue weighted by molar-refractivity contribution is -0.137. The topological polar surface area (TPSA) is 38.0 Å². The molecule has 0 aromatic heterocycles. The van der Waals surface area contributed by atoms with Gasteiger partial charge in [0.2, 0.25) is 0 Å². The molecule has 3 N–H and O–H groups in total. The Morgan fingerprint density at radius 3 is 2.05 bits per heavy atom. The Morgan fingerprint density at radius 1 is 0.857 bits per heavy atom. The van der Waals surface area contributed by atoms with E-state index >= 15 is 0 Å². The fourth-order valence-corrected chi connectivity index (χ4v) is 1.62. The maximum atomic E-state index is 13.5. The Morgan fingerprint density at radius 2 is 1.48 bits per heavy atom. The Balaban J connectivity index is 2.35. The van der Waals surface area contributed by atoms with E-state index in [-0.39, 0.29) is 11.4 Å². The Bertz CT molecular complexity index is 681. The molecule has 2 rings (SSSR count). The van der Waals surface area contributed by atoms with Crippen molar-refractivity contribution in [2.75, 3.05) is 11.1 Å². The minimum absolute atomic E-state index is 0.0621. The van der Waals surface area contributed by atoms with E-state index in [1.807, 2.05) is 0 Å². The highest BCUT2D eigenvalue weighted by Crippen LogP contribution is 2.34. The molecule has 21 heavy (non-hydrogen) atoms. The lowest BCUT2D eigenvalue weighted by Gasteiger charge is -2.13. The molecule has 0 unspecified atom stereocenters. The standard InChI is InChI=1S/C13H8F6N2/c14-7-2-4-10(12(16)11(7)15)21-9-3-1-6(5-8(9)20)13(17,18)19/h1-5,21H,20H2. The van der Waals surface area contributed by atoms with Gasteiger partial charge in [-0.05, 0) is 30.3 Å². The number of halogens is 6. The van der Waals surface area contributed by atoms with Crippen LogP contribution in [0, 0.1) is 17.5 Å². The van der Waals surface area contributed by atoms with E-state index < -0.39 is 34.9 Å². The van der Waals surface area contributed by atoms with Crippen LogP contribution in [0.2, 0.25) is 0 Å². The first-order valence-electron chi connectivity index (χ1n) is 5.57. The highest BCUT2D eigenvalue weighted by atomic mass is 19.4. The Hall–Kier alpha value is -2.38. The molecule has 112 valence electrons. The van der Waals surface area contributed by atoms with Gasteiger partial charge in [-0.3, -0.25) is 0 Å². The van der Waals surface area contributed by atoms with Crippen molar-refractivity contribution in [3.63, 3.8) is 0 Å². The zero-order chi connectivity index (χ0) is 15.8. The van der Waals surface area contributed by atoms with Gasteiger partial charge in [0, 0.05) is 0 Å². The third-order valence-electron chi connectivity index (χ3n) is 2.68. The van der Waals surface area contributed by atoms with Crippen molar-refractivity contribution in [3.05, 3.63) is 53.3 Å². The molecule has 2 nitrogen and oxygen atoms in total. The number of anilines is 3. The van der Waals surface area contributed by atoms with Gasteiger partial charge in [-0.15, -0.1) is 0 Å². The fourth-order valence-electron chi connectivity index (χ4n) is 1.62. The van der Waals surface area contributed by atoms with E-state index in [9.17, 15) is 26.3 Å². The molecule has 0 saturated heterocycles. The summed E-state index contributed by atoms with van der Waals surface area (Å²) in [6.07, 6.45) is -4.57. The monoisotopic (exact) mass is 306 g/mol. The van der Waals surface area contributed by atoms with E-state index in [4.69, 9.17) is 5.73 Å². The summed E-state index contributed by atoms with van der Waals surface area (Å²) in [6, 6.07) is 3.95. The third-order valence-corrected chi connectivity index (χ3v) is 2.68. The van der Waals surface area contributed by atoms with Crippen LogP contribution in [0.25, 0.3) is 0 Å². The van der Waals surface area contributed by atoms with Gasteiger partial charge in [0.15, 0.2) is 17.5 Å². The lowest BCUT2D eigenvalue weighted by atomic mass is 10.1. The molecule has 2 aromatic carbocycles. The van der Waals surface area contributed by atoms with Crippen LogP contribution in [0.1, 0.15) is 5.56 Å². The first-order valence-corrected chi connectivity index (χ1v) is 5.57. The molecule has 0 bridgehead atoms. The maximum Gasteiger partial charge on any atom is 0.416 e. The number of alkyl halides is 3. The van der Waals surface area contributed by atoms with Gasteiger partial charge < -0.3 is 11.1 Å². The van der Waals surface area contributed by atoms with Gasteiger partial charge in [-0.2, -0.15) is 13.2 Å². The van der Waals surface area contributed by atoms with Gasteiger partial charge in [0.1, 0.15) is 0 Å². The second kappa shape index (κ2) is 5.19. The highest BCUT2D eigenvalue weighted by molar-refractivity contribution is 5.73. The van der Waals surface area contributed by atoms with E-state index in [0.29, 0.717) is 12.1 Å². The van der Waals surface area contributed by atoms with Crippen LogP contribution in [0.5, 0.6) is 0 Å². The molecule has 0 radical (unpaired) electrons. The number of nitrogens with one attached hydrogen (secondary N) is 1. The van der Waals surface area contributed by atoms with Crippen LogP contribution >= 0.6 is 0 Å². The summed E-state index contributed by atoms with van der Waals surface area (Å²) in [4.78, 5) is 0. The van der Waals surface area contributed by atoms with Crippen molar-refractivity contribution < 1.29 is 26.3 Å². The second-order valence-corrected chi connectivity index (χ2v) is 4.15. The van der Waals surface area contributed by atoms with Crippen LogP contribution in [0.15, 0.2) is 30.3 Å². The van der Waals surface area contributed by atoms with Crippen LogP contribution in [-0.2, 0) is 6.18 Å². The summed E-state index contributed by atoms with van der Waals surface area (Å²) in [7, 11) is 0. The average molecular weight is 306 g/mol. The molecule has 0 heterocycles. The van der Waals surface area contributed by atoms with Gasteiger partial charge >= 0.3 is 6.18 Å². The molecule has 0 aliphatic carbocycles. The van der Waals surface area contributed by atoms with E-state index in [1.54, 1.807) is 0 Å². The van der Waals surface area contributed by atoms with Crippen molar-refractivity contribution in [3.8, 4) is 0 Å². The number of nitrogens with two attached hydrogens (primary N) is 1. The third kappa shape index (κ3) is 3.04. The largest absolute Gasteiger partial charge is 0.416 e. The number of hydrogen-bond acceptors (Lipinski definition) is 2. The van der Waals surface area contributed by atoms with Crippen LogP contribution in [0.3, 0.4) is 0 Å². The van der Waals surface area contributed by atoms with Crippen molar-refractivity contribution >= 4 is 17.1 Å². The molecular formula is C13H8F6N2. The van der Waals surface area contributed by atoms with Gasteiger partial charge in [-0.25, -0.2) is 13.2 Å². The van der Waals surface area contributed by atoms with Crippen LogP contribution < -0.4 is 11.1 Å². The normalized spacial score (nSPS) is 11.5. The smallest absolute Gasteiger partial charge is 0.397 e. The average Bonchev–Trinajstić information content (AvgIpc) is 2.40. The molecular weight excluding hydrogens is 298 g/mol. The number of benzene rings is 2. The van der Waals surface area contributed by atoms with Gasteiger partial charge in [0.05, 0.1) is 22.6 Å². The molecule has 0 saturated carbocycles. The van der Waals surface area contributed by atoms with Crippen molar-refractivity contribution in [2.24, 2.45) is 0 Å². The zero-order valence-corrected chi connectivity index (χ0v) is 10.2. The lowest BCUT2D eigenvalue weighted by Crippen LogP contribution is -2.07. The maximum absolute atomic E-state index is 13.5. The predicted molar refractivity (Wildman–Crippen MR) is 65.5 cm³/mol. The van der Waals surface area contributed by atoms with E-state index in [1.165, 1.54) is 0 Å². The fraction of sp³-hybridized carbons (Fsp3) is 0.0769. The zero-order valence-electron chi connectivity index (χ0n) is 10.2. The SMILES string of the molecule is Nc1cc(C(F)(F)F)ccc1Nc1ccc(F)c(F)c1F. The Labute approximate surface area is 115 Å². The van der Waals surface area contributed by atoms with Crippen molar-refractivity contribution in [1.82, 2.24) is 0 Å². The quantitative estimate of drug-likeness (QED) is 0.489. The van der Waals surface area contributed by atoms with Crippen molar-refractivity contribution in [1.29, 1.82) is 0 Å². The molecule has 0 fully saturated rings. The molecule has 0 aliphatic rings. The Kier molecular flexibility index (Phi) is 3.71. The number of nitrogen functional groups attached to an aromatic ring is 1. The van der Waals surface area contributed by atoms with E-state index in [0.717, 1.165) is 18.2 Å². The van der Waals surface area contributed by atoms with Crippen LogP contribution in [0.4, 0.5) is 43.4 Å². The molecule has 0 spiro atoms. The molecule has 0 atom stereocenters. The predicted octanol–water partition coefficient (Wildman–Crippen LogP) is 4.45. The first kappa shape index (κ1) is 15.0. The second-order valence-electron chi connectivity index (χ2n) is 4.15. The number of rotatable bonds is 2. The number of hydrogen-bond donors (Lipinski definition) is 2. The summed E-state index contributed by atoms with van der Waals surface area (Å²) in [5, 5.41) is 2.31. The minimum Gasteiger partial charge on any atom is -0.397 e. The summed E-state index contributed by atoms with van der Waals surface area (Å²) in [6.45, 7) is 0. The summed E-state index contributed by atoms with van der Waals surface area (Å²) >= 11 is 0. The first-order chi connectivity index (χ1) is 9.70. The summed E-state index contributed by atoms with van der Waals surface area (Å²) < 4.78 is 76.6. The summed E-state index contributed by atoms with van der Waals surface area (Å²) in [5.41, 5.74) is 3.64. The molecule has 8 heteroatoms. The van der Waals surface area contributed by atoms with Gasteiger partial charge in [-0.1, -0.05) is 0 Å².